The molecule has 0 saturated carbocycles. The molecule has 5 nitrogen and oxygen atoms in total. The van der Waals surface area contributed by atoms with Crippen molar-refractivity contribution in [2.75, 3.05) is 5.32 Å². The molecule has 0 spiro atoms. The van der Waals surface area contributed by atoms with Crippen LogP contribution in [0.5, 0.6) is 0 Å². The van der Waals surface area contributed by atoms with Crippen LogP contribution in [0.3, 0.4) is 0 Å². The summed E-state index contributed by atoms with van der Waals surface area (Å²) in [7, 11) is 0. The fraction of sp³-hybridized carbons (Fsp3) is 0.438. The molecule has 9 heteroatoms. The first-order chi connectivity index (χ1) is 12.0. The van der Waals surface area contributed by atoms with Crippen molar-refractivity contribution in [1.29, 1.82) is 0 Å². The Bertz CT molecular complexity index is 796. The third-order valence-corrected chi connectivity index (χ3v) is 5.10. The van der Waals surface area contributed by atoms with E-state index in [0.29, 0.717) is 5.16 Å². The third-order valence-electron chi connectivity index (χ3n) is 4.02. The summed E-state index contributed by atoms with van der Waals surface area (Å²) in [4.78, 5) is 12.3. The highest BCUT2D eigenvalue weighted by molar-refractivity contribution is 8.00. The van der Waals surface area contributed by atoms with Crippen LogP contribution in [-0.4, -0.2) is 25.9 Å². The minimum absolute atomic E-state index is 0.392. The number of carbonyl (C=O) groups excluding carboxylic acids is 1. The van der Waals surface area contributed by atoms with Crippen molar-refractivity contribution in [1.82, 2.24) is 14.8 Å². The van der Waals surface area contributed by atoms with Crippen LogP contribution < -0.4 is 5.32 Å². The Morgan fingerprint density at radius 1 is 1.20 bits per heavy atom. The molecule has 0 fully saturated rings. The molecule has 1 aliphatic rings. The molecule has 1 aromatic carbocycles. The van der Waals surface area contributed by atoms with Gasteiger partial charge in [0.1, 0.15) is 5.82 Å². The molecule has 2 aromatic rings. The normalized spacial score (nSPS) is 15.4. The van der Waals surface area contributed by atoms with E-state index in [0.717, 1.165) is 50.2 Å². The zero-order valence-electron chi connectivity index (χ0n) is 13.6. The molecule has 1 N–H and O–H groups in total. The van der Waals surface area contributed by atoms with Gasteiger partial charge >= 0.3 is 0 Å². The fourth-order valence-corrected chi connectivity index (χ4v) is 3.51. The van der Waals surface area contributed by atoms with Gasteiger partial charge in [-0.25, -0.2) is 13.2 Å². The number of fused-ring (bicyclic) bond motifs is 1. The number of halogens is 3. The highest BCUT2D eigenvalue weighted by atomic mass is 32.2. The zero-order chi connectivity index (χ0) is 18.0. The van der Waals surface area contributed by atoms with Gasteiger partial charge in [0.15, 0.2) is 22.6 Å². The second-order valence-electron chi connectivity index (χ2n) is 5.83. The van der Waals surface area contributed by atoms with Gasteiger partial charge in [0.25, 0.3) is 0 Å². The van der Waals surface area contributed by atoms with E-state index in [1.807, 2.05) is 4.57 Å². The summed E-state index contributed by atoms with van der Waals surface area (Å²) >= 11 is 1.20. The smallest absolute Gasteiger partial charge is 0.237 e. The van der Waals surface area contributed by atoms with E-state index in [9.17, 15) is 18.0 Å². The summed E-state index contributed by atoms with van der Waals surface area (Å²) in [5.74, 6) is -3.95. The number of anilines is 1. The van der Waals surface area contributed by atoms with E-state index in [1.165, 1.54) is 11.8 Å². The Hall–Kier alpha value is -2.03. The van der Waals surface area contributed by atoms with E-state index in [4.69, 9.17) is 0 Å². The van der Waals surface area contributed by atoms with Gasteiger partial charge in [0, 0.05) is 13.0 Å². The molecule has 0 bridgehead atoms. The minimum Gasteiger partial charge on any atom is -0.323 e. The number of rotatable bonds is 4. The van der Waals surface area contributed by atoms with Gasteiger partial charge in [-0.15, -0.1) is 10.2 Å². The summed E-state index contributed by atoms with van der Waals surface area (Å²) in [6, 6.07) is 1.76. The fourth-order valence-electron chi connectivity index (χ4n) is 2.61. The van der Waals surface area contributed by atoms with Gasteiger partial charge in [-0.2, -0.15) is 0 Å². The van der Waals surface area contributed by atoms with E-state index >= 15 is 0 Å². The van der Waals surface area contributed by atoms with Crippen LogP contribution in [0.25, 0.3) is 0 Å². The molecular formula is C16H17F3N4OS. The molecule has 1 aromatic heterocycles. The topological polar surface area (TPSA) is 59.8 Å². The summed E-state index contributed by atoms with van der Waals surface area (Å²) in [5, 5.41) is 10.6. The number of aromatic nitrogens is 3. The van der Waals surface area contributed by atoms with Crippen LogP contribution in [-0.2, 0) is 17.8 Å². The van der Waals surface area contributed by atoms with Gasteiger partial charge in [0.05, 0.1) is 10.9 Å². The van der Waals surface area contributed by atoms with Crippen LogP contribution in [0.1, 0.15) is 32.0 Å². The number of nitrogens with zero attached hydrogens (tertiary/aromatic N) is 3. The van der Waals surface area contributed by atoms with E-state index in [1.54, 1.807) is 6.92 Å². The predicted octanol–water partition coefficient (Wildman–Crippen LogP) is 3.54. The lowest BCUT2D eigenvalue weighted by molar-refractivity contribution is -0.115. The maximum atomic E-state index is 13.7. The lowest BCUT2D eigenvalue weighted by Crippen LogP contribution is -2.24. The van der Waals surface area contributed by atoms with E-state index in [2.05, 4.69) is 15.5 Å². The van der Waals surface area contributed by atoms with Crippen molar-refractivity contribution >= 4 is 23.4 Å². The average molecular weight is 370 g/mol. The number of benzene rings is 1. The number of carbonyl (C=O) groups is 1. The lowest BCUT2D eigenvalue weighted by Gasteiger charge is -2.13. The lowest BCUT2D eigenvalue weighted by atomic mass is 10.2. The Morgan fingerprint density at radius 3 is 2.80 bits per heavy atom. The van der Waals surface area contributed by atoms with Crippen LogP contribution >= 0.6 is 11.8 Å². The average Bonchev–Trinajstić information content (AvgIpc) is 2.82. The standard InChI is InChI=1S/C16H17F3N4OS/c1-9(15(24)20-11-7-6-10(17)13(18)14(11)19)25-16-22-21-12-5-3-2-4-8-23(12)16/h6-7,9H,2-5,8H2,1H3,(H,20,24)/t9-/m1/s1. The van der Waals surface area contributed by atoms with Crippen molar-refractivity contribution in [2.45, 2.75) is 49.6 Å². The van der Waals surface area contributed by atoms with Crippen LogP contribution in [0, 0.1) is 17.5 Å². The molecule has 25 heavy (non-hydrogen) atoms. The number of hydrogen-bond donors (Lipinski definition) is 1. The SMILES string of the molecule is C[C@@H](Sc1nnc2n1CCCCC2)C(=O)Nc1ccc(F)c(F)c1F. The zero-order valence-corrected chi connectivity index (χ0v) is 14.4. The molecule has 2 heterocycles. The first-order valence-corrected chi connectivity index (χ1v) is 8.88. The first kappa shape index (κ1) is 17.8. The van der Waals surface area contributed by atoms with Crippen molar-refractivity contribution in [3.05, 3.63) is 35.4 Å². The van der Waals surface area contributed by atoms with Gasteiger partial charge < -0.3 is 9.88 Å². The van der Waals surface area contributed by atoms with Crippen molar-refractivity contribution in [3.8, 4) is 0 Å². The Labute approximate surface area is 147 Å². The van der Waals surface area contributed by atoms with E-state index in [-0.39, 0.29) is 0 Å². The molecule has 134 valence electrons. The Kier molecular flexibility index (Phi) is 5.31. The minimum atomic E-state index is -1.61. The van der Waals surface area contributed by atoms with Gasteiger partial charge in [-0.1, -0.05) is 18.2 Å². The monoisotopic (exact) mass is 370 g/mol. The predicted molar refractivity (Wildman–Crippen MR) is 87.8 cm³/mol. The van der Waals surface area contributed by atoms with E-state index < -0.39 is 34.3 Å². The van der Waals surface area contributed by atoms with Crippen molar-refractivity contribution in [3.63, 3.8) is 0 Å². The maximum absolute atomic E-state index is 13.7. The Balaban J connectivity index is 1.70. The number of aryl methyl sites for hydroxylation is 1. The molecule has 1 amide bonds. The third kappa shape index (κ3) is 3.81. The number of hydrogen-bond acceptors (Lipinski definition) is 4. The second kappa shape index (κ2) is 7.47. The summed E-state index contributed by atoms with van der Waals surface area (Å²) in [5.41, 5.74) is -0.392. The molecule has 0 radical (unpaired) electrons. The van der Waals surface area contributed by atoms with Crippen LogP contribution in [0.2, 0.25) is 0 Å². The largest absolute Gasteiger partial charge is 0.323 e. The molecular weight excluding hydrogens is 353 g/mol. The van der Waals surface area contributed by atoms with Crippen LogP contribution in [0.4, 0.5) is 18.9 Å². The number of thioether (sulfide) groups is 1. The summed E-state index contributed by atoms with van der Waals surface area (Å²) in [6.45, 7) is 2.44. The summed E-state index contributed by atoms with van der Waals surface area (Å²) < 4.78 is 41.9. The maximum Gasteiger partial charge on any atom is 0.237 e. The quantitative estimate of drug-likeness (QED) is 0.661. The van der Waals surface area contributed by atoms with Crippen molar-refractivity contribution < 1.29 is 18.0 Å². The first-order valence-electron chi connectivity index (χ1n) is 8.00. The molecule has 0 saturated heterocycles. The molecule has 1 atom stereocenters. The van der Waals surface area contributed by atoms with Crippen LogP contribution in [0.15, 0.2) is 17.3 Å². The Morgan fingerprint density at radius 2 is 2.00 bits per heavy atom. The number of nitrogens with one attached hydrogen (secondary N) is 1. The van der Waals surface area contributed by atoms with Gasteiger partial charge in [-0.05, 0) is 31.9 Å². The summed E-state index contributed by atoms with van der Waals surface area (Å²) in [6.07, 6.45) is 4.07. The van der Waals surface area contributed by atoms with Gasteiger partial charge in [-0.3, -0.25) is 4.79 Å². The molecule has 0 aliphatic carbocycles. The highest BCUT2D eigenvalue weighted by Gasteiger charge is 2.23. The molecule has 0 unspecified atom stereocenters. The van der Waals surface area contributed by atoms with Gasteiger partial charge in [0.2, 0.25) is 5.91 Å². The van der Waals surface area contributed by atoms with Crippen molar-refractivity contribution in [2.24, 2.45) is 0 Å². The second-order valence-corrected chi connectivity index (χ2v) is 7.14. The number of amides is 1. The highest BCUT2D eigenvalue weighted by Crippen LogP contribution is 2.27. The molecule has 1 aliphatic heterocycles. The molecule has 3 rings (SSSR count).